The number of likely N-dealkylation sites (tertiary alicyclic amines) is 1. The van der Waals surface area contributed by atoms with Crippen LogP contribution in [0.1, 0.15) is 36.5 Å². The quantitative estimate of drug-likeness (QED) is 0.248. The standard InChI is InChI=1S/C22H34N6O.HI/c1-18-25-26-21(27(18)2)17-24-22(23-12-7-15-29-3)28-13-10-20(11-14-28)16-19-8-5-4-6-9-19;/h4-6,8-9,20H,7,10-17H2,1-3H3,(H,23,24);1H. The molecule has 2 aromatic rings. The van der Waals surface area contributed by atoms with Crippen LogP contribution in [0.5, 0.6) is 0 Å². The van der Waals surface area contributed by atoms with E-state index in [1.807, 2.05) is 18.5 Å². The molecule has 1 aliphatic heterocycles. The van der Waals surface area contributed by atoms with Gasteiger partial charge in [-0.15, -0.1) is 34.2 Å². The van der Waals surface area contributed by atoms with Crippen LogP contribution in [0.15, 0.2) is 35.3 Å². The Hall–Kier alpha value is -1.68. The van der Waals surface area contributed by atoms with Gasteiger partial charge in [0.05, 0.1) is 0 Å². The van der Waals surface area contributed by atoms with Gasteiger partial charge >= 0.3 is 0 Å². The first kappa shape index (κ1) is 24.6. The number of piperidine rings is 1. The predicted molar refractivity (Wildman–Crippen MR) is 131 cm³/mol. The highest BCUT2D eigenvalue weighted by atomic mass is 127. The monoisotopic (exact) mass is 526 g/mol. The van der Waals surface area contributed by atoms with Crippen LogP contribution in [0, 0.1) is 12.8 Å². The number of aliphatic imine (C=N–C) groups is 1. The van der Waals surface area contributed by atoms with E-state index in [0.717, 1.165) is 56.2 Å². The van der Waals surface area contributed by atoms with E-state index in [-0.39, 0.29) is 24.0 Å². The van der Waals surface area contributed by atoms with E-state index in [0.29, 0.717) is 6.54 Å². The van der Waals surface area contributed by atoms with Crippen molar-refractivity contribution >= 4 is 29.9 Å². The normalized spacial score (nSPS) is 15.2. The number of rotatable bonds is 8. The van der Waals surface area contributed by atoms with Crippen molar-refractivity contribution in [1.29, 1.82) is 0 Å². The molecule has 7 nitrogen and oxygen atoms in total. The molecule has 1 N–H and O–H groups in total. The summed E-state index contributed by atoms with van der Waals surface area (Å²) in [6, 6.07) is 10.8. The minimum Gasteiger partial charge on any atom is -0.385 e. The van der Waals surface area contributed by atoms with Gasteiger partial charge in [-0.25, -0.2) is 4.99 Å². The van der Waals surface area contributed by atoms with Crippen molar-refractivity contribution in [1.82, 2.24) is 25.0 Å². The zero-order valence-electron chi connectivity index (χ0n) is 18.4. The highest BCUT2D eigenvalue weighted by molar-refractivity contribution is 14.0. The number of aryl methyl sites for hydroxylation is 1. The molecule has 0 amide bonds. The Morgan fingerprint density at radius 3 is 2.57 bits per heavy atom. The Labute approximate surface area is 197 Å². The highest BCUT2D eigenvalue weighted by Gasteiger charge is 2.22. The third-order valence-corrected chi connectivity index (χ3v) is 5.64. The van der Waals surface area contributed by atoms with Crippen molar-refractivity contribution in [3.05, 3.63) is 47.5 Å². The van der Waals surface area contributed by atoms with Gasteiger partial charge < -0.3 is 19.5 Å². The first-order valence-electron chi connectivity index (χ1n) is 10.6. The van der Waals surface area contributed by atoms with Crippen LogP contribution in [-0.2, 0) is 24.8 Å². The molecule has 1 aromatic carbocycles. The molecule has 0 aliphatic carbocycles. The Balaban J connectivity index is 0.00000320. The average molecular weight is 526 g/mol. The molecule has 0 saturated carbocycles. The van der Waals surface area contributed by atoms with Gasteiger partial charge in [-0.3, -0.25) is 0 Å². The summed E-state index contributed by atoms with van der Waals surface area (Å²) in [5.41, 5.74) is 1.44. The van der Waals surface area contributed by atoms with E-state index in [1.165, 1.54) is 24.8 Å². The number of methoxy groups -OCH3 is 1. The van der Waals surface area contributed by atoms with Gasteiger partial charge in [0, 0.05) is 40.4 Å². The molecule has 0 radical (unpaired) electrons. The van der Waals surface area contributed by atoms with Gasteiger partial charge in [-0.1, -0.05) is 30.3 Å². The smallest absolute Gasteiger partial charge is 0.194 e. The number of hydrogen-bond donors (Lipinski definition) is 1. The molecule has 3 rings (SSSR count). The summed E-state index contributed by atoms with van der Waals surface area (Å²) in [7, 11) is 3.73. The van der Waals surface area contributed by atoms with Gasteiger partial charge in [0.15, 0.2) is 11.8 Å². The maximum atomic E-state index is 5.17. The topological polar surface area (TPSA) is 67.6 Å². The summed E-state index contributed by atoms with van der Waals surface area (Å²) in [5, 5.41) is 11.9. The number of halogens is 1. The molecule has 8 heteroatoms. The molecule has 0 atom stereocenters. The lowest BCUT2D eigenvalue weighted by Crippen LogP contribution is -2.46. The minimum absolute atomic E-state index is 0. The zero-order valence-corrected chi connectivity index (χ0v) is 20.7. The van der Waals surface area contributed by atoms with Gasteiger partial charge in [0.2, 0.25) is 0 Å². The number of ether oxygens (including phenoxy) is 1. The Bertz CT molecular complexity index is 771. The Morgan fingerprint density at radius 1 is 1.20 bits per heavy atom. The lowest BCUT2D eigenvalue weighted by molar-refractivity contribution is 0.195. The first-order chi connectivity index (χ1) is 14.2. The van der Waals surface area contributed by atoms with Crippen LogP contribution in [0.25, 0.3) is 0 Å². The first-order valence-corrected chi connectivity index (χ1v) is 10.6. The van der Waals surface area contributed by atoms with Crippen molar-refractivity contribution in [3.8, 4) is 0 Å². The SMILES string of the molecule is COCCCNC(=NCc1nnc(C)n1C)N1CCC(Cc2ccccc2)CC1.I. The fraction of sp³-hybridized carbons (Fsp3) is 0.591. The molecule has 2 heterocycles. The van der Waals surface area contributed by atoms with Crippen LogP contribution >= 0.6 is 24.0 Å². The molecular weight excluding hydrogens is 491 g/mol. The number of nitrogens with zero attached hydrogens (tertiary/aromatic N) is 5. The van der Waals surface area contributed by atoms with Crippen LogP contribution in [-0.4, -0.2) is 59.0 Å². The molecule has 0 spiro atoms. The maximum Gasteiger partial charge on any atom is 0.194 e. The molecular formula is C22H35IN6O. The third-order valence-electron chi connectivity index (χ3n) is 5.64. The van der Waals surface area contributed by atoms with E-state index in [1.54, 1.807) is 7.11 Å². The van der Waals surface area contributed by atoms with E-state index < -0.39 is 0 Å². The van der Waals surface area contributed by atoms with Crippen molar-refractivity contribution in [3.63, 3.8) is 0 Å². The number of nitrogens with one attached hydrogen (secondary N) is 1. The summed E-state index contributed by atoms with van der Waals surface area (Å²) in [4.78, 5) is 7.25. The zero-order chi connectivity index (χ0) is 20.5. The molecule has 1 aromatic heterocycles. The summed E-state index contributed by atoms with van der Waals surface area (Å²) >= 11 is 0. The van der Waals surface area contributed by atoms with Gasteiger partial charge in [0.1, 0.15) is 12.4 Å². The number of benzene rings is 1. The van der Waals surface area contributed by atoms with Gasteiger partial charge in [-0.2, -0.15) is 0 Å². The summed E-state index contributed by atoms with van der Waals surface area (Å²) in [6.45, 7) is 6.17. The molecule has 1 aliphatic rings. The third kappa shape index (κ3) is 7.23. The van der Waals surface area contributed by atoms with Crippen molar-refractivity contribution in [2.24, 2.45) is 18.0 Å². The summed E-state index contributed by atoms with van der Waals surface area (Å²) in [6.07, 6.45) is 4.51. The number of aromatic nitrogens is 3. The summed E-state index contributed by atoms with van der Waals surface area (Å²) < 4.78 is 7.17. The second-order valence-electron chi connectivity index (χ2n) is 7.76. The summed E-state index contributed by atoms with van der Waals surface area (Å²) in [5.74, 6) is 3.51. The largest absolute Gasteiger partial charge is 0.385 e. The van der Waals surface area contributed by atoms with E-state index >= 15 is 0 Å². The molecule has 30 heavy (non-hydrogen) atoms. The lowest BCUT2D eigenvalue weighted by Gasteiger charge is -2.34. The molecule has 0 unspecified atom stereocenters. The van der Waals surface area contributed by atoms with Crippen molar-refractivity contribution in [2.45, 2.75) is 39.2 Å². The molecule has 1 fully saturated rings. The minimum atomic E-state index is 0. The average Bonchev–Trinajstić information content (AvgIpc) is 3.07. The maximum absolute atomic E-state index is 5.17. The second-order valence-corrected chi connectivity index (χ2v) is 7.76. The Morgan fingerprint density at radius 2 is 1.93 bits per heavy atom. The fourth-order valence-corrected chi connectivity index (χ4v) is 3.72. The van der Waals surface area contributed by atoms with Crippen molar-refractivity contribution in [2.75, 3.05) is 33.4 Å². The molecule has 166 valence electrons. The van der Waals surface area contributed by atoms with E-state index in [2.05, 4.69) is 50.7 Å². The van der Waals surface area contributed by atoms with Crippen LogP contribution in [0.2, 0.25) is 0 Å². The van der Waals surface area contributed by atoms with E-state index in [9.17, 15) is 0 Å². The fourth-order valence-electron chi connectivity index (χ4n) is 3.72. The van der Waals surface area contributed by atoms with Gasteiger partial charge in [0.25, 0.3) is 0 Å². The van der Waals surface area contributed by atoms with Crippen molar-refractivity contribution < 1.29 is 4.74 Å². The van der Waals surface area contributed by atoms with Gasteiger partial charge in [-0.05, 0) is 44.1 Å². The van der Waals surface area contributed by atoms with E-state index in [4.69, 9.17) is 9.73 Å². The second kappa shape index (κ2) is 12.9. The molecule has 0 bridgehead atoms. The van der Waals surface area contributed by atoms with Crippen LogP contribution in [0.4, 0.5) is 0 Å². The van der Waals surface area contributed by atoms with Crippen LogP contribution in [0.3, 0.4) is 0 Å². The highest BCUT2D eigenvalue weighted by Crippen LogP contribution is 2.21. The molecule has 1 saturated heterocycles. The van der Waals surface area contributed by atoms with Crippen LogP contribution < -0.4 is 5.32 Å². The number of hydrogen-bond acceptors (Lipinski definition) is 4. The predicted octanol–water partition coefficient (Wildman–Crippen LogP) is 3.18. The lowest BCUT2D eigenvalue weighted by atomic mass is 9.90. The number of guanidine groups is 1. The Kier molecular flexibility index (Phi) is 10.6.